The average Bonchev–Trinajstić information content (AvgIpc) is 2.95. The minimum absolute atomic E-state index is 0.565. The van der Waals surface area contributed by atoms with Crippen LogP contribution in [-0.2, 0) is 12.8 Å². The van der Waals surface area contributed by atoms with Gasteiger partial charge in [-0.25, -0.2) is 0 Å². The highest BCUT2D eigenvalue weighted by molar-refractivity contribution is 5.34. The predicted octanol–water partition coefficient (Wildman–Crippen LogP) is 4.37. The predicted molar refractivity (Wildman–Crippen MR) is 83.4 cm³/mol. The Kier molecular flexibility index (Phi) is 4.07. The van der Waals surface area contributed by atoms with Crippen LogP contribution in [0.1, 0.15) is 17.7 Å². The van der Waals surface area contributed by atoms with Crippen molar-refractivity contribution in [3.05, 3.63) is 89.8 Å². The van der Waals surface area contributed by atoms with Crippen LogP contribution in [0.5, 0.6) is 0 Å². The summed E-state index contributed by atoms with van der Waals surface area (Å²) in [5.41, 5.74) is 4.00. The fourth-order valence-corrected chi connectivity index (χ4v) is 2.62. The summed E-state index contributed by atoms with van der Waals surface area (Å²) in [6, 6.07) is 16.8. The summed E-state index contributed by atoms with van der Waals surface area (Å²) in [5.74, 6) is 0.565. The van der Waals surface area contributed by atoms with Crippen LogP contribution in [0.3, 0.4) is 0 Å². The molecule has 20 heavy (non-hydrogen) atoms. The highest BCUT2D eigenvalue weighted by Crippen LogP contribution is 2.23. The molecule has 1 aliphatic rings. The Balaban J connectivity index is 1.55. The normalized spacial score (nSPS) is 17.2. The van der Waals surface area contributed by atoms with Gasteiger partial charge in [0.05, 0.1) is 0 Å². The summed E-state index contributed by atoms with van der Waals surface area (Å²) in [5, 5.41) is 0. The molecule has 1 heteroatoms. The fraction of sp³-hybridized carbons (Fsp3) is 0.211. The molecule has 0 aliphatic heterocycles. The van der Waals surface area contributed by atoms with Crippen molar-refractivity contribution in [1.82, 2.24) is 4.98 Å². The van der Waals surface area contributed by atoms with Gasteiger partial charge in [-0.05, 0) is 48.4 Å². The number of pyridine rings is 1. The Morgan fingerprint density at radius 2 is 1.80 bits per heavy atom. The van der Waals surface area contributed by atoms with Crippen LogP contribution in [0, 0.1) is 5.92 Å². The van der Waals surface area contributed by atoms with Crippen LogP contribution in [0.4, 0.5) is 0 Å². The van der Waals surface area contributed by atoms with Gasteiger partial charge in [0.15, 0.2) is 0 Å². The lowest BCUT2D eigenvalue weighted by atomic mass is 10.0. The molecule has 0 saturated carbocycles. The van der Waals surface area contributed by atoms with Gasteiger partial charge in [0.25, 0.3) is 0 Å². The monoisotopic (exact) mass is 261 g/mol. The summed E-state index contributed by atoms with van der Waals surface area (Å²) in [7, 11) is 0. The van der Waals surface area contributed by atoms with Gasteiger partial charge < -0.3 is 0 Å². The standard InChI is InChI=1S/C19H19N/c1-2-6-16(7-3-1)14-18-10-9-17(15-18)11-12-19-8-4-5-13-20-19/h1-10,13,15,17H,11-12,14H2. The molecule has 0 bridgehead atoms. The largest absolute Gasteiger partial charge is 0.261 e. The van der Waals surface area contributed by atoms with Crippen molar-refractivity contribution in [2.24, 2.45) is 5.92 Å². The quantitative estimate of drug-likeness (QED) is 0.779. The number of hydrogen-bond donors (Lipinski definition) is 0. The van der Waals surface area contributed by atoms with Gasteiger partial charge in [-0.2, -0.15) is 0 Å². The molecule has 1 aromatic carbocycles. The molecule has 0 radical (unpaired) electrons. The van der Waals surface area contributed by atoms with Crippen LogP contribution in [0.25, 0.3) is 0 Å². The number of aryl methyl sites for hydroxylation is 1. The lowest BCUT2D eigenvalue weighted by Gasteiger charge is -2.05. The van der Waals surface area contributed by atoms with E-state index in [0.717, 1.165) is 19.3 Å². The number of rotatable bonds is 5. The Morgan fingerprint density at radius 1 is 0.950 bits per heavy atom. The first kappa shape index (κ1) is 12.9. The molecule has 0 fully saturated rings. The third kappa shape index (κ3) is 3.45. The molecule has 3 rings (SSSR count). The third-order valence-corrected chi connectivity index (χ3v) is 3.70. The van der Waals surface area contributed by atoms with E-state index >= 15 is 0 Å². The van der Waals surface area contributed by atoms with Gasteiger partial charge in [0, 0.05) is 11.9 Å². The van der Waals surface area contributed by atoms with Crippen LogP contribution < -0.4 is 0 Å². The molecule has 0 N–H and O–H groups in total. The zero-order valence-corrected chi connectivity index (χ0v) is 11.6. The van der Waals surface area contributed by atoms with Crippen molar-refractivity contribution in [1.29, 1.82) is 0 Å². The fourth-order valence-electron chi connectivity index (χ4n) is 2.62. The van der Waals surface area contributed by atoms with Crippen LogP contribution in [0.15, 0.2) is 78.5 Å². The number of nitrogens with zero attached hydrogens (tertiary/aromatic N) is 1. The van der Waals surface area contributed by atoms with Gasteiger partial charge in [-0.15, -0.1) is 0 Å². The van der Waals surface area contributed by atoms with E-state index in [1.165, 1.54) is 16.8 Å². The first-order valence-corrected chi connectivity index (χ1v) is 7.23. The molecule has 1 atom stereocenters. The highest BCUT2D eigenvalue weighted by atomic mass is 14.7. The van der Waals surface area contributed by atoms with E-state index < -0.39 is 0 Å². The Hall–Kier alpha value is -2.15. The summed E-state index contributed by atoms with van der Waals surface area (Å²) >= 11 is 0. The summed E-state index contributed by atoms with van der Waals surface area (Å²) < 4.78 is 0. The molecule has 2 aromatic rings. The maximum absolute atomic E-state index is 4.38. The van der Waals surface area contributed by atoms with Crippen molar-refractivity contribution in [3.8, 4) is 0 Å². The molecule has 0 amide bonds. The van der Waals surface area contributed by atoms with Crippen LogP contribution in [-0.4, -0.2) is 4.98 Å². The Morgan fingerprint density at radius 3 is 2.60 bits per heavy atom. The molecule has 1 heterocycles. The van der Waals surface area contributed by atoms with Crippen LogP contribution >= 0.6 is 0 Å². The maximum atomic E-state index is 4.38. The highest BCUT2D eigenvalue weighted by Gasteiger charge is 2.10. The van der Waals surface area contributed by atoms with E-state index in [9.17, 15) is 0 Å². The summed E-state index contributed by atoms with van der Waals surface area (Å²) in [6.07, 6.45) is 12.1. The molecule has 1 nitrogen and oxygen atoms in total. The van der Waals surface area contributed by atoms with E-state index in [2.05, 4.69) is 65.7 Å². The van der Waals surface area contributed by atoms with Crippen molar-refractivity contribution < 1.29 is 0 Å². The molecule has 1 aliphatic carbocycles. The summed E-state index contributed by atoms with van der Waals surface area (Å²) in [4.78, 5) is 4.38. The number of aromatic nitrogens is 1. The second-order valence-electron chi connectivity index (χ2n) is 5.29. The third-order valence-electron chi connectivity index (χ3n) is 3.70. The molecule has 0 spiro atoms. The van der Waals surface area contributed by atoms with Crippen molar-refractivity contribution in [3.63, 3.8) is 0 Å². The SMILES string of the molecule is C1=CC(CCc2ccccn2)C=C1Cc1ccccc1. The van der Waals surface area contributed by atoms with Gasteiger partial charge in [0.1, 0.15) is 0 Å². The van der Waals surface area contributed by atoms with E-state index in [-0.39, 0.29) is 0 Å². The maximum Gasteiger partial charge on any atom is 0.0403 e. The molecule has 100 valence electrons. The zero-order valence-electron chi connectivity index (χ0n) is 11.6. The Bertz CT molecular complexity index is 596. The average molecular weight is 261 g/mol. The summed E-state index contributed by atoms with van der Waals surface area (Å²) in [6.45, 7) is 0. The first-order valence-electron chi connectivity index (χ1n) is 7.23. The van der Waals surface area contributed by atoms with E-state index in [1.807, 2.05) is 12.3 Å². The number of benzene rings is 1. The van der Waals surface area contributed by atoms with Gasteiger partial charge in [-0.1, -0.05) is 54.6 Å². The zero-order chi connectivity index (χ0) is 13.6. The molecule has 1 unspecified atom stereocenters. The van der Waals surface area contributed by atoms with Gasteiger partial charge in [-0.3, -0.25) is 4.98 Å². The van der Waals surface area contributed by atoms with E-state index in [4.69, 9.17) is 0 Å². The minimum atomic E-state index is 0.565. The van der Waals surface area contributed by atoms with Gasteiger partial charge >= 0.3 is 0 Å². The van der Waals surface area contributed by atoms with E-state index in [1.54, 1.807) is 0 Å². The second-order valence-corrected chi connectivity index (χ2v) is 5.29. The van der Waals surface area contributed by atoms with Crippen molar-refractivity contribution in [2.45, 2.75) is 19.3 Å². The number of allylic oxidation sites excluding steroid dienone is 4. The first-order chi connectivity index (χ1) is 9.90. The minimum Gasteiger partial charge on any atom is -0.261 e. The van der Waals surface area contributed by atoms with Crippen LogP contribution in [0.2, 0.25) is 0 Å². The van der Waals surface area contributed by atoms with Gasteiger partial charge in [0.2, 0.25) is 0 Å². The molecule has 1 aromatic heterocycles. The smallest absolute Gasteiger partial charge is 0.0403 e. The topological polar surface area (TPSA) is 12.9 Å². The molecular formula is C19H19N. The number of hydrogen-bond acceptors (Lipinski definition) is 1. The van der Waals surface area contributed by atoms with Crippen molar-refractivity contribution >= 4 is 0 Å². The second kappa shape index (κ2) is 6.33. The Labute approximate surface area is 120 Å². The lowest BCUT2D eigenvalue weighted by Crippen LogP contribution is -1.95. The molecular weight excluding hydrogens is 242 g/mol. The molecule has 0 saturated heterocycles. The van der Waals surface area contributed by atoms with E-state index in [0.29, 0.717) is 5.92 Å². The lowest BCUT2D eigenvalue weighted by molar-refractivity contribution is 0.702. The van der Waals surface area contributed by atoms with Crippen molar-refractivity contribution in [2.75, 3.05) is 0 Å².